The van der Waals surface area contributed by atoms with E-state index in [9.17, 15) is 0 Å². The van der Waals surface area contributed by atoms with Gasteiger partial charge in [0.05, 0.1) is 7.11 Å². The molecule has 0 saturated heterocycles. The minimum Gasteiger partial charge on any atom is -0.496 e. The molecule has 2 rings (SSSR count). The zero-order chi connectivity index (χ0) is 14.5. The Labute approximate surface area is 137 Å². The second-order valence-electron chi connectivity index (χ2n) is 4.44. The summed E-state index contributed by atoms with van der Waals surface area (Å²) in [7, 11) is 1.69. The van der Waals surface area contributed by atoms with Gasteiger partial charge < -0.3 is 10.1 Å². The second-order valence-corrected chi connectivity index (χ2v) is 6.70. The van der Waals surface area contributed by atoms with Gasteiger partial charge in [0.25, 0.3) is 0 Å². The normalized spacial score (nSPS) is 12.4. The van der Waals surface area contributed by atoms with Gasteiger partial charge in [-0.3, -0.25) is 0 Å². The molecule has 0 fully saturated rings. The van der Waals surface area contributed by atoms with Gasteiger partial charge >= 0.3 is 0 Å². The quantitative estimate of drug-likeness (QED) is 0.762. The van der Waals surface area contributed by atoms with Crippen molar-refractivity contribution in [3.63, 3.8) is 0 Å². The van der Waals surface area contributed by atoms with Crippen molar-refractivity contribution in [2.75, 3.05) is 13.7 Å². The van der Waals surface area contributed by atoms with Gasteiger partial charge in [-0.25, -0.2) is 0 Å². The maximum Gasteiger partial charge on any atom is 0.129 e. The predicted molar refractivity (Wildman–Crippen MR) is 90.1 cm³/mol. The molecule has 1 N–H and O–H groups in total. The van der Waals surface area contributed by atoms with Crippen molar-refractivity contribution in [1.82, 2.24) is 5.32 Å². The van der Waals surface area contributed by atoms with Gasteiger partial charge in [-0.1, -0.05) is 40.5 Å². The molecule has 0 aliphatic carbocycles. The standard InChI is InChI=1S/C15H17BrClNOS/c1-3-18-14(15-8-12(19-2)9-20-15)6-10-4-5-11(16)7-13(10)17/h4-5,7-9,14,18H,3,6H2,1-2H3. The first kappa shape index (κ1) is 15.8. The maximum atomic E-state index is 6.31. The van der Waals surface area contributed by atoms with E-state index in [4.69, 9.17) is 16.3 Å². The van der Waals surface area contributed by atoms with E-state index in [0.29, 0.717) is 0 Å². The Morgan fingerprint density at radius 2 is 2.20 bits per heavy atom. The number of nitrogens with one attached hydrogen (secondary N) is 1. The fourth-order valence-electron chi connectivity index (χ4n) is 2.05. The fraction of sp³-hybridized carbons (Fsp3) is 0.333. The van der Waals surface area contributed by atoms with Crippen molar-refractivity contribution >= 4 is 38.9 Å². The number of hydrogen-bond donors (Lipinski definition) is 1. The summed E-state index contributed by atoms with van der Waals surface area (Å²) in [6.07, 6.45) is 0.865. The Kier molecular flexibility index (Phi) is 5.90. The Hall–Kier alpha value is -0.550. The summed E-state index contributed by atoms with van der Waals surface area (Å²) in [4.78, 5) is 1.27. The lowest BCUT2D eigenvalue weighted by Gasteiger charge is -2.17. The Morgan fingerprint density at radius 1 is 1.40 bits per heavy atom. The summed E-state index contributed by atoms with van der Waals surface area (Å²) in [5.41, 5.74) is 1.15. The number of hydrogen-bond acceptors (Lipinski definition) is 3. The molecule has 1 aromatic heterocycles. The molecule has 0 bridgehead atoms. The molecule has 108 valence electrons. The van der Waals surface area contributed by atoms with Crippen LogP contribution in [0.3, 0.4) is 0 Å². The van der Waals surface area contributed by atoms with E-state index in [0.717, 1.165) is 33.8 Å². The van der Waals surface area contributed by atoms with Crippen molar-refractivity contribution in [3.8, 4) is 5.75 Å². The first-order chi connectivity index (χ1) is 9.63. The molecule has 20 heavy (non-hydrogen) atoms. The number of rotatable bonds is 6. The molecule has 0 amide bonds. The highest BCUT2D eigenvalue weighted by Crippen LogP contribution is 2.31. The summed E-state index contributed by atoms with van der Waals surface area (Å²) < 4.78 is 6.27. The van der Waals surface area contributed by atoms with E-state index in [2.05, 4.69) is 40.3 Å². The van der Waals surface area contributed by atoms with Crippen LogP contribution in [-0.4, -0.2) is 13.7 Å². The molecule has 0 spiro atoms. The summed E-state index contributed by atoms with van der Waals surface area (Å²) in [6, 6.07) is 8.38. The Bertz CT molecular complexity index is 573. The lowest BCUT2D eigenvalue weighted by molar-refractivity contribution is 0.415. The van der Waals surface area contributed by atoms with Crippen molar-refractivity contribution in [1.29, 1.82) is 0 Å². The number of benzene rings is 1. The van der Waals surface area contributed by atoms with Crippen molar-refractivity contribution in [3.05, 3.63) is 49.6 Å². The number of ether oxygens (including phenoxy) is 1. The third-order valence-corrected chi connectivity index (χ3v) is 4.93. The molecule has 2 aromatic rings. The van der Waals surface area contributed by atoms with Crippen molar-refractivity contribution < 1.29 is 4.74 Å². The molecule has 0 saturated carbocycles. The van der Waals surface area contributed by atoms with Gasteiger partial charge in [0.1, 0.15) is 5.75 Å². The van der Waals surface area contributed by atoms with E-state index >= 15 is 0 Å². The van der Waals surface area contributed by atoms with Crippen LogP contribution in [0, 0.1) is 0 Å². The van der Waals surface area contributed by atoms with Crippen LogP contribution in [0.1, 0.15) is 23.4 Å². The average molecular weight is 375 g/mol. The van der Waals surface area contributed by atoms with E-state index in [-0.39, 0.29) is 6.04 Å². The Balaban J connectivity index is 2.20. The smallest absolute Gasteiger partial charge is 0.129 e. The van der Waals surface area contributed by atoms with E-state index in [1.54, 1.807) is 18.4 Å². The third-order valence-electron chi connectivity index (χ3n) is 3.06. The zero-order valence-electron chi connectivity index (χ0n) is 11.5. The first-order valence-electron chi connectivity index (χ1n) is 6.43. The molecule has 0 aliphatic heterocycles. The molecule has 1 unspecified atom stereocenters. The lowest BCUT2D eigenvalue weighted by Crippen LogP contribution is -2.22. The van der Waals surface area contributed by atoms with Gasteiger partial charge in [0.2, 0.25) is 0 Å². The molecule has 1 atom stereocenters. The predicted octanol–water partition coefficient (Wildman–Crippen LogP) is 5.07. The zero-order valence-corrected chi connectivity index (χ0v) is 14.6. The van der Waals surface area contributed by atoms with Crippen LogP contribution in [0.5, 0.6) is 5.75 Å². The molecule has 2 nitrogen and oxygen atoms in total. The summed E-state index contributed by atoms with van der Waals surface area (Å²) in [5, 5.41) is 6.34. The molecular weight excluding hydrogens is 358 g/mol. The van der Waals surface area contributed by atoms with Gasteiger partial charge in [-0.15, -0.1) is 11.3 Å². The topological polar surface area (TPSA) is 21.3 Å². The Morgan fingerprint density at radius 3 is 2.80 bits per heavy atom. The number of likely N-dealkylation sites (N-methyl/N-ethyl adjacent to an activating group) is 1. The lowest BCUT2D eigenvalue weighted by atomic mass is 10.0. The molecule has 0 radical (unpaired) electrons. The SMILES string of the molecule is CCNC(Cc1ccc(Br)cc1Cl)c1cc(OC)cs1. The number of thiophene rings is 1. The summed E-state index contributed by atoms with van der Waals surface area (Å²) >= 11 is 11.5. The van der Waals surface area contributed by atoms with Crippen molar-refractivity contribution in [2.45, 2.75) is 19.4 Å². The van der Waals surface area contributed by atoms with Crippen LogP contribution in [-0.2, 0) is 6.42 Å². The molecule has 5 heteroatoms. The third kappa shape index (κ3) is 3.98. The van der Waals surface area contributed by atoms with Gasteiger partial charge in [-0.2, -0.15) is 0 Å². The van der Waals surface area contributed by atoms with Crippen LogP contribution in [0.4, 0.5) is 0 Å². The van der Waals surface area contributed by atoms with Gasteiger partial charge in [0.15, 0.2) is 0 Å². The van der Waals surface area contributed by atoms with Crippen molar-refractivity contribution in [2.24, 2.45) is 0 Å². The average Bonchev–Trinajstić information content (AvgIpc) is 2.90. The van der Waals surface area contributed by atoms with E-state index < -0.39 is 0 Å². The first-order valence-corrected chi connectivity index (χ1v) is 8.48. The molecule has 1 aromatic carbocycles. The molecule has 0 aliphatic rings. The van der Waals surface area contributed by atoms with E-state index in [1.165, 1.54) is 4.88 Å². The van der Waals surface area contributed by atoms with Crippen LogP contribution >= 0.6 is 38.9 Å². The second kappa shape index (κ2) is 7.46. The largest absolute Gasteiger partial charge is 0.496 e. The minimum absolute atomic E-state index is 0.257. The highest BCUT2D eigenvalue weighted by molar-refractivity contribution is 9.10. The summed E-state index contributed by atoms with van der Waals surface area (Å²) in [6.45, 7) is 3.03. The fourth-order valence-corrected chi connectivity index (χ4v) is 3.73. The van der Waals surface area contributed by atoms with Crippen LogP contribution in [0.15, 0.2) is 34.1 Å². The molecule has 1 heterocycles. The van der Waals surface area contributed by atoms with Crippen LogP contribution < -0.4 is 10.1 Å². The van der Waals surface area contributed by atoms with E-state index in [1.807, 2.05) is 17.5 Å². The van der Waals surface area contributed by atoms with Gasteiger partial charge in [0, 0.05) is 25.8 Å². The minimum atomic E-state index is 0.257. The molecular formula is C15H17BrClNOS. The maximum absolute atomic E-state index is 6.31. The number of methoxy groups -OCH3 is 1. The van der Waals surface area contributed by atoms with Crippen LogP contribution in [0.25, 0.3) is 0 Å². The number of halogens is 2. The van der Waals surface area contributed by atoms with Gasteiger partial charge in [-0.05, 0) is 36.7 Å². The highest BCUT2D eigenvalue weighted by Gasteiger charge is 2.15. The van der Waals surface area contributed by atoms with Crippen LogP contribution in [0.2, 0.25) is 5.02 Å². The highest BCUT2D eigenvalue weighted by atomic mass is 79.9. The summed E-state index contributed by atoms with van der Waals surface area (Å²) in [5.74, 6) is 0.912. The monoisotopic (exact) mass is 373 g/mol.